The number of hydrogen-bond donors (Lipinski definition) is 3. The molecule has 4 rings (SSSR count). The number of terminal acetylenes is 1. The number of methoxy groups -OCH3 is 1. The van der Waals surface area contributed by atoms with Crippen molar-refractivity contribution in [2.24, 2.45) is 5.92 Å². The average molecular weight is 765 g/mol. The van der Waals surface area contributed by atoms with Crippen molar-refractivity contribution in [2.45, 2.75) is 72.8 Å². The smallest absolute Gasteiger partial charge is 0.459 e. The van der Waals surface area contributed by atoms with Gasteiger partial charge in [0.25, 0.3) is 0 Å². The molecule has 0 aliphatic carbocycles. The first kappa shape index (κ1) is 45.5. The molecule has 11 nitrogen and oxygen atoms in total. The molecule has 0 fully saturated rings. The number of fused-ring (bicyclic) bond motifs is 1. The van der Waals surface area contributed by atoms with Gasteiger partial charge < -0.3 is 24.8 Å². The van der Waals surface area contributed by atoms with Crippen LogP contribution in [0.5, 0.6) is 5.75 Å². The minimum Gasteiger partial charge on any atom is -0.464 e. The van der Waals surface area contributed by atoms with Crippen molar-refractivity contribution in [1.29, 1.82) is 0 Å². The van der Waals surface area contributed by atoms with E-state index in [4.69, 9.17) is 30.7 Å². The molecule has 5 atom stereocenters. The molecule has 0 radical (unpaired) electrons. The number of halogens is 1. The van der Waals surface area contributed by atoms with Crippen LogP contribution in [0, 0.1) is 25.2 Å². The van der Waals surface area contributed by atoms with Crippen molar-refractivity contribution >= 4 is 35.9 Å². The fraction of sp³-hybridized carbons (Fsp3) is 0.390. The van der Waals surface area contributed by atoms with Gasteiger partial charge in [0.2, 0.25) is 0 Å². The number of anilines is 1. The Morgan fingerprint density at radius 2 is 1.72 bits per heavy atom. The van der Waals surface area contributed by atoms with Crippen molar-refractivity contribution < 1.29 is 37.4 Å². The molecule has 4 N–H and O–H groups in total. The van der Waals surface area contributed by atoms with Gasteiger partial charge in [0, 0.05) is 25.0 Å². The number of aromatic nitrogens is 2. The van der Waals surface area contributed by atoms with Crippen LogP contribution in [-0.2, 0) is 29.8 Å². The number of carbonyl (C=O) groups excluding carboxylic acids is 1. The number of aliphatic hydroxyl groups excluding tert-OH is 1. The number of nitrogens with two attached hydrogens (primary N) is 1. The van der Waals surface area contributed by atoms with E-state index in [2.05, 4.69) is 21.0 Å². The maximum absolute atomic E-state index is 16.4. The molecular weight excluding hydrogens is 710 g/mol. The summed E-state index contributed by atoms with van der Waals surface area (Å²) in [4.78, 5) is 20.7. The van der Waals surface area contributed by atoms with E-state index in [0.29, 0.717) is 17.7 Å². The van der Waals surface area contributed by atoms with Crippen LogP contribution in [0.25, 0.3) is 16.3 Å². The molecule has 0 spiro atoms. The van der Waals surface area contributed by atoms with Crippen molar-refractivity contribution in [2.75, 3.05) is 32.6 Å². The predicted molar refractivity (Wildman–Crippen MR) is 213 cm³/mol. The first-order chi connectivity index (χ1) is 25.9. The number of allylic oxidation sites excluding steroid dienone is 2. The van der Waals surface area contributed by atoms with E-state index in [0.717, 1.165) is 16.3 Å². The minimum atomic E-state index is -4.36. The highest BCUT2D eigenvalue weighted by Gasteiger charge is 2.44. The monoisotopic (exact) mass is 764 g/mol. The molecule has 4 unspecified atom stereocenters. The van der Waals surface area contributed by atoms with Gasteiger partial charge in [0.05, 0.1) is 24.5 Å². The lowest BCUT2D eigenvalue weighted by Gasteiger charge is -2.35. The van der Waals surface area contributed by atoms with E-state index in [1.54, 1.807) is 25.1 Å². The third-order valence-electron chi connectivity index (χ3n) is 8.30. The molecule has 0 aliphatic rings. The Hall–Kier alpha value is -4.63. The minimum absolute atomic E-state index is 0.103. The highest BCUT2D eigenvalue weighted by atomic mass is 31.2. The van der Waals surface area contributed by atoms with Crippen LogP contribution in [0.2, 0.25) is 0 Å². The van der Waals surface area contributed by atoms with Crippen molar-refractivity contribution in [3.05, 3.63) is 102 Å². The number of nitrogens with zero attached hydrogens (tertiary/aromatic N) is 2. The van der Waals surface area contributed by atoms with Gasteiger partial charge in [-0.3, -0.25) is 9.32 Å². The molecule has 1 aromatic heterocycles. The van der Waals surface area contributed by atoms with Crippen LogP contribution in [0.4, 0.5) is 10.2 Å². The number of aliphatic hydroxyl groups is 1. The second kappa shape index (κ2) is 22.6. The largest absolute Gasteiger partial charge is 0.464 e. The molecule has 0 saturated heterocycles. The lowest BCUT2D eigenvalue weighted by molar-refractivity contribution is -0.142. The van der Waals surface area contributed by atoms with Gasteiger partial charge >= 0.3 is 13.7 Å². The standard InChI is InChI=1S/C37H42FN4O7P.2C2H6/c1-6-28(34-26(3)40-24-41-36(34)39)20-25(2)37(4,38)35(44)32(46-5)23-48-50(45,49-31-17-16-29-14-10-11-15-30(29)21-31)42-22-33(43)47-19-18-27-12-8-7-9-13-27;2*1-2/h1,7-17,20-21,24-25,32,35,44H,18-19,22-23H2,2-5H3,(H,42,45)(H2,39,40,41);2*1-2H3/b28-20-;;/t25?,32?,35-,37?,50?;;/m1../s1. The fourth-order valence-electron chi connectivity index (χ4n) is 5.14. The summed E-state index contributed by atoms with van der Waals surface area (Å²) in [5, 5.41) is 15.5. The topological polar surface area (TPSA) is 155 Å². The number of nitrogens with one attached hydrogen (secondary N) is 1. The zero-order chi connectivity index (χ0) is 40.3. The van der Waals surface area contributed by atoms with E-state index in [1.165, 1.54) is 33.4 Å². The molecule has 4 aromatic rings. The maximum Gasteiger partial charge on any atom is 0.459 e. The van der Waals surface area contributed by atoms with E-state index in [-0.39, 0.29) is 23.7 Å². The molecule has 0 amide bonds. The second-order valence-electron chi connectivity index (χ2n) is 11.8. The lowest BCUT2D eigenvalue weighted by atomic mass is 9.83. The third-order valence-corrected chi connectivity index (χ3v) is 9.79. The first-order valence-electron chi connectivity index (χ1n) is 17.9. The predicted octanol–water partition coefficient (Wildman–Crippen LogP) is 7.91. The lowest BCUT2D eigenvalue weighted by Crippen LogP contribution is -2.50. The summed E-state index contributed by atoms with van der Waals surface area (Å²) in [6, 6.07) is 22.0. The Balaban J connectivity index is 0.00000244. The molecule has 292 valence electrons. The Kier molecular flexibility index (Phi) is 19.0. The van der Waals surface area contributed by atoms with Crippen molar-refractivity contribution in [3.63, 3.8) is 0 Å². The molecule has 0 saturated carbocycles. The van der Waals surface area contributed by atoms with E-state index >= 15 is 4.39 Å². The summed E-state index contributed by atoms with van der Waals surface area (Å²) in [7, 11) is -3.11. The molecule has 3 aromatic carbocycles. The Labute approximate surface area is 319 Å². The van der Waals surface area contributed by atoms with Crippen LogP contribution in [-0.4, -0.2) is 65.8 Å². The number of nitrogen functional groups attached to an aromatic ring is 1. The van der Waals surface area contributed by atoms with E-state index in [1.807, 2.05) is 82.3 Å². The Morgan fingerprint density at radius 1 is 1.07 bits per heavy atom. The summed E-state index contributed by atoms with van der Waals surface area (Å²) in [6.45, 7) is 11.4. The van der Waals surface area contributed by atoms with Crippen LogP contribution in [0.15, 0.2) is 85.2 Å². The van der Waals surface area contributed by atoms with Crippen molar-refractivity contribution in [1.82, 2.24) is 15.1 Å². The van der Waals surface area contributed by atoms with Crippen LogP contribution in [0.1, 0.15) is 58.4 Å². The molecular formula is C41H54FN4O7P. The molecule has 0 bridgehead atoms. The Bertz CT molecular complexity index is 1860. The van der Waals surface area contributed by atoms with Crippen LogP contribution >= 0.6 is 7.75 Å². The van der Waals surface area contributed by atoms with Gasteiger partial charge in [0.1, 0.15) is 42.3 Å². The molecule has 0 aliphatic heterocycles. The SMILES string of the molecule is C#C/C(=C/C(C)C(C)(F)[C@H](O)C(COP(=O)(NCC(=O)OCCc1ccccc1)Oc1ccc2ccccc2c1)OC)c1c(C)ncnc1N.CC.CC. The maximum atomic E-state index is 16.4. The zero-order valence-corrected chi connectivity index (χ0v) is 33.3. The van der Waals surface area contributed by atoms with Crippen molar-refractivity contribution in [3.8, 4) is 18.1 Å². The number of ether oxygens (including phenoxy) is 2. The third kappa shape index (κ3) is 13.0. The van der Waals surface area contributed by atoms with Gasteiger partial charge in [-0.1, -0.05) is 107 Å². The quantitative estimate of drug-likeness (QED) is 0.0546. The molecule has 1 heterocycles. The first-order valence-corrected chi connectivity index (χ1v) is 19.4. The van der Waals surface area contributed by atoms with Crippen LogP contribution in [0.3, 0.4) is 0 Å². The summed E-state index contributed by atoms with van der Waals surface area (Å²) >= 11 is 0. The number of alkyl halides is 1. The number of carbonyl (C=O) groups is 1. The summed E-state index contributed by atoms with van der Waals surface area (Å²) in [6.07, 6.45) is 5.85. The number of hydrogen-bond acceptors (Lipinski definition) is 10. The number of aryl methyl sites for hydroxylation is 1. The second-order valence-corrected chi connectivity index (χ2v) is 13.5. The van der Waals surface area contributed by atoms with Gasteiger partial charge in [-0.05, 0) is 42.3 Å². The summed E-state index contributed by atoms with van der Waals surface area (Å²) < 4.78 is 52.7. The van der Waals surface area contributed by atoms with Gasteiger partial charge in [-0.15, -0.1) is 6.42 Å². The van der Waals surface area contributed by atoms with Crippen LogP contribution < -0.4 is 15.3 Å². The summed E-state index contributed by atoms with van der Waals surface area (Å²) in [5.74, 6) is 1.14. The zero-order valence-electron chi connectivity index (χ0n) is 32.4. The molecule has 54 heavy (non-hydrogen) atoms. The Morgan fingerprint density at radius 3 is 2.35 bits per heavy atom. The molecule has 13 heteroatoms. The highest BCUT2D eigenvalue weighted by Crippen LogP contribution is 2.45. The summed E-state index contributed by atoms with van der Waals surface area (Å²) in [5.41, 5.74) is 5.81. The van der Waals surface area contributed by atoms with E-state index in [9.17, 15) is 14.5 Å². The van der Waals surface area contributed by atoms with E-state index < -0.39 is 50.7 Å². The number of esters is 1. The van der Waals surface area contributed by atoms with Gasteiger partial charge in [-0.2, -0.15) is 0 Å². The van der Waals surface area contributed by atoms with Gasteiger partial charge in [-0.25, -0.2) is 24.0 Å². The highest BCUT2D eigenvalue weighted by molar-refractivity contribution is 7.52. The number of benzene rings is 3. The fourth-order valence-corrected chi connectivity index (χ4v) is 6.41. The average Bonchev–Trinajstić information content (AvgIpc) is 3.18. The number of rotatable bonds is 17. The normalized spacial score (nSPS) is 15.0. The van der Waals surface area contributed by atoms with Gasteiger partial charge in [0.15, 0.2) is 0 Å².